The molecule has 0 aliphatic rings. The Kier molecular flexibility index (Phi) is 5.62. The lowest BCUT2D eigenvalue weighted by molar-refractivity contribution is 0.0471. The number of ether oxygens (including phenoxy) is 2. The molecule has 3 aromatic rings. The molecule has 6 nitrogen and oxygen atoms in total. The molecule has 0 aliphatic carbocycles. The van der Waals surface area contributed by atoms with E-state index in [4.69, 9.17) is 21.1 Å². The quantitative estimate of drug-likeness (QED) is 0.453. The lowest BCUT2D eigenvalue weighted by atomic mass is 10.1. The molecule has 8 heteroatoms. The summed E-state index contributed by atoms with van der Waals surface area (Å²) >= 11 is 7.41. The fourth-order valence-corrected chi connectivity index (χ4v) is 3.72. The summed E-state index contributed by atoms with van der Waals surface area (Å²) in [5.41, 5.74) is 2.30. The van der Waals surface area contributed by atoms with Gasteiger partial charge in [0.25, 0.3) is 0 Å². The molecule has 3 rings (SSSR count). The second kappa shape index (κ2) is 7.94. The molecule has 0 bridgehead atoms. The number of carbonyl (C=O) groups is 2. The van der Waals surface area contributed by atoms with E-state index in [1.54, 1.807) is 24.4 Å². The van der Waals surface area contributed by atoms with Crippen molar-refractivity contribution < 1.29 is 19.1 Å². The highest BCUT2D eigenvalue weighted by molar-refractivity contribution is 7.12. The second-order valence-corrected chi connectivity index (χ2v) is 7.09. The van der Waals surface area contributed by atoms with Gasteiger partial charge < -0.3 is 9.47 Å². The normalized spacial score (nSPS) is 10.7. The van der Waals surface area contributed by atoms with Crippen LogP contribution < -0.4 is 4.74 Å². The Hall–Kier alpha value is -2.64. The minimum Gasteiger partial charge on any atom is -0.496 e. The van der Waals surface area contributed by atoms with Crippen LogP contribution >= 0.6 is 22.9 Å². The van der Waals surface area contributed by atoms with E-state index >= 15 is 0 Å². The molecule has 1 aromatic carbocycles. The fraction of sp³-hybridized carbons (Fsp3) is 0.211. The lowest BCUT2D eigenvalue weighted by Crippen LogP contribution is -2.15. The maximum atomic E-state index is 12.6. The Labute approximate surface area is 165 Å². The van der Waals surface area contributed by atoms with Crippen LogP contribution in [0.25, 0.3) is 5.13 Å². The van der Waals surface area contributed by atoms with Crippen LogP contribution in [-0.4, -0.2) is 35.0 Å². The van der Waals surface area contributed by atoms with Crippen molar-refractivity contribution >= 4 is 34.7 Å². The Balaban J connectivity index is 1.76. The Morgan fingerprint density at radius 3 is 2.67 bits per heavy atom. The first-order chi connectivity index (χ1) is 12.9. The van der Waals surface area contributed by atoms with Crippen LogP contribution in [0.15, 0.2) is 35.8 Å². The number of benzene rings is 1. The van der Waals surface area contributed by atoms with Crippen molar-refractivity contribution in [2.75, 3.05) is 13.7 Å². The summed E-state index contributed by atoms with van der Waals surface area (Å²) in [5.74, 6) is -0.629. The highest BCUT2D eigenvalue weighted by Gasteiger charge is 2.21. The summed E-state index contributed by atoms with van der Waals surface area (Å²) in [4.78, 5) is 29.2. The van der Waals surface area contributed by atoms with E-state index in [-0.39, 0.29) is 18.0 Å². The van der Waals surface area contributed by atoms with E-state index in [1.807, 2.05) is 23.8 Å². The van der Waals surface area contributed by atoms with Gasteiger partial charge >= 0.3 is 5.97 Å². The molecular weight excluding hydrogens is 388 g/mol. The number of nitrogens with zero attached hydrogens (tertiary/aromatic N) is 2. The third-order valence-electron chi connectivity index (χ3n) is 4.06. The number of rotatable bonds is 6. The number of aromatic nitrogens is 2. The third-order valence-corrected chi connectivity index (χ3v) is 5.05. The van der Waals surface area contributed by atoms with Gasteiger partial charge in [-0.15, -0.1) is 11.3 Å². The van der Waals surface area contributed by atoms with Gasteiger partial charge in [0.1, 0.15) is 11.3 Å². The van der Waals surface area contributed by atoms with E-state index in [1.165, 1.54) is 24.5 Å². The minimum atomic E-state index is -0.670. The summed E-state index contributed by atoms with van der Waals surface area (Å²) in [6.07, 6.45) is 1.71. The molecule has 27 heavy (non-hydrogen) atoms. The zero-order valence-electron chi connectivity index (χ0n) is 15.0. The number of ketones is 1. The van der Waals surface area contributed by atoms with Crippen LogP contribution in [-0.2, 0) is 4.74 Å². The molecule has 0 unspecified atom stereocenters. The average Bonchev–Trinajstić information content (AvgIpc) is 3.27. The molecule has 2 aromatic heterocycles. The van der Waals surface area contributed by atoms with E-state index in [2.05, 4.69) is 4.98 Å². The molecule has 0 radical (unpaired) electrons. The predicted molar refractivity (Wildman–Crippen MR) is 104 cm³/mol. The summed E-state index contributed by atoms with van der Waals surface area (Å²) in [7, 11) is 1.44. The first-order valence-electron chi connectivity index (χ1n) is 8.05. The van der Waals surface area contributed by atoms with Gasteiger partial charge in [0.05, 0.1) is 7.11 Å². The number of aryl methyl sites for hydroxylation is 1. The first-order valence-corrected chi connectivity index (χ1v) is 9.30. The number of hydrogen-bond donors (Lipinski definition) is 0. The molecule has 0 aliphatic heterocycles. The van der Waals surface area contributed by atoms with Crippen molar-refractivity contribution in [3.05, 3.63) is 63.4 Å². The molecule has 0 saturated heterocycles. The number of thiazole rings is 1. The second-order valence-electron chi connectivity index (χ2n) is 5.78. The van der Waals surface area contributed by atoms with Crippen molar-refractivity contribution in [2.45, 2.75) is 13.8 Å². The molecule has 140 valence electrons. The van der Waals surface area contributed by atoms with Crippen LogP contribution in [0, 0.1) is 13.8 Å². The molecule has 0 spiro atoms. The number of carbonyl (C=O) groups excluding carboxylic acids is 2. The molecule has 2 heterocycles. The third kappa shape index (κ3) is 3.89. The van der Waals surface area contributed by atoms with Gasteiger partial charge in [-0.3, -0.25) is 9.36 Å². The van der Waals surface area contributed by atoms with Crippen LogP contribution in [0.4, 0.5) is 0 Å². The van der Waals surface area contributed by atoms with Crippen molar-refractivity contribution in [1.29, 1.82) is 0 Å². The fourth-order valence-electron chi connectivity index (χ4n) is 2.79. The van der Waals surface area contributed by atoms with Crippen molar-refractivity contribution in [1.82, 2.24) is 9.55 Å². The monoisotopic (exact) mass is 404 g/mol. The van der Waals surface area contributed by atoms with Crippen LogP contribution in [0.2, 0.25) is 5.02 Å². The first kappa shape index (κ1) is 19.1. The zero-order valence-corrected chi connectivity index (χ0v) is 16.6. The summed E-state index contributed by atoms with van der Waals surface area (Å²) < 4.78 is 12.2. The number of Topliss-reactive ketones (excluding diaryl/α,β-unsaturated/α-hetero) is 1. The Morgan fingerprint density at radius 1 is 1.22 bits per heavy atom. The SMILES string of the molecule is COc1ccc(Cl)cc1C(=O)OCC(=O)c1cc(C)n(-c2nccs2)c1C. The number of esters is 1. The number of halogens is 1. The van der Waals surface area contributed by atoms with Crippen molar-refractivity contribution in [2.24, 2.45) is 0 Å². The summed E-state index contributed by atoms with van der Waals surface area (Å²) in [6, 6.07) is 6.40. The smallest absolute Gasteiger partial charge is 0.342 e. The van der Waals surface area contributed by atoms with E-state index in [0.29, 0.717) is 16.3 Å². The highest BCUT2D eigenvalue weighted by Crippen LogP contribution is 2.25. The van der Waals surface area contributed by atoms with E-state index < -0.39 is 5.97 Å². The maximum Gasteiger partial charge on any atom is 0.342 e. The molecule has 0 saturated carbocycles. The minimum absolute atomic E-state index is 0.172. The topological polar surface area (TPSA) is 70.4 Å². The van der Waals surface area contributed by atoms with E-state index in [0.717, 1.165) is 16.5 Å². The zero-order chi connectivity index (χ0) is 19.6. The van der Waals surface area contributed by atoms with Gasteiger partial charge in [-0.1, -0.05) is 11.6 Å². The standard InChI is InChI=1S/C19H17ClN2O4S/c1-11-8-14(12(2)22(11)19-21-6-7-27-19)16(23)10-26-18(24)15-9-13(20)4-5-17(15)25-3/h4-9H,10H2,1-3H3. The van der Waals surface area contributed by atoms with Gasteiger partial charge in [-0.2, -0.15) is 0 Å². The van der Waals surface area contributed by atoms with Gasteiger partial charge in [0.15, 0.2) is 11.7 Å². The van der Waals surface area contributed by atoms with Crippen LogP contribution in [0.5, 0.6) is 5.75 Å². The van der Waals surface area contributed by atoms with Crippen molar-refractivity contribution in [3.8, 4) is 10.9 Å². The van der Waals surface area contributed by atoms with Gasteiger partial charge in [0, 0.05) is 33.6 Å². The largest absolute Gasteiger partial charge is 0.496 e. The van der Waals surface area contributed by atoms with Crippen molar-refractivity contribution in [3.63, 3.8) is 0 Å². The maximum absolute atomic E-state index is 12.6. The number of methoxy groups -OCH3 is 1. The number of hydrogen-bond acceptors (Lipinski definition) is 6. The van der Waals surface area contributed by atoms with Gasteiger partial charge in [-0.25, -0.2) is 9.78 Å². The van der Waals surface area contributed by atoms with Gasteiger partial charge in [-0.05, 0) is 38.1 Å². The molecule has 0 atom stereocenters. The summed E-state index contributed by atoms with van der Waals surface area (Å²) in [6.45, 7) is 3.36. The molecular formula is C19H17ClN2O4S. The Bertz CT molecular complexity index is 996. The van der Waals surface area contributed by atoms with Crippen LogP contribution in [0.1, 0.15) is 32.1 Å². The Morgan fingerprint density at radius 2 is 2.00 bits per heavy atom. The molecule has 0 amide bonds. The van der Waals surface area contributed by atoms with Crippen LogP contribution in [0.3, 0.4) is 0 Å². The average molecular weight is 405 g/mol. The lowest BCUT2D eigenvalue weighted by Gasteiger charge is -2.09. The molecule has 0 fully saturated rings. The predicted octanol–water partition coefficient (Wildman–Crippen LogP) is 4.25. The van der Waals surface area contributed by atoms with Gasteiger partial charge in [0.2, 0.25) is 5.78 Å². The summed E-state index contributed by atoms with van der Waals surface area (Å²) in [5, 5.41) is 3.03. The van der Waals surface area contributed by atoms with E-state index in [9.17, 15) is 9.59 Å². The highest BCUT2D eigenvalue weighted by atomic mass is 35.5. The molecule has 0 N–H and O–H groups in total.